The highest BCUT2D eigenvalue weighted by molar-refractivity contribution is 5.87. The maximum Gasteiger partial charge on any atom is 0.331 e. The minimum absolute atomic E-state index is 0.174. The van der Waals surface area contributed by atoms with Gasteiger partial charge in [0, 0.05) is 6.92 Å². The Balaban J connectivity index is 2.74. The van der Waals surface area contributed by atoms with E-state index in [0.29, 0.717) is 12.8 Å². The number of hydrogen-bond donors (Lipinski definition) is 1. The molecule has 1 fully saturated rings. The Kier molecular flexibility index (Phi) is 2.90. The van der Waals surface area contributed by atoms with Crippen molar-refractivity contribution in [1.29, 1.82) is 0 Å². The predicted molar refractivity (Wildman–Crippen MR) is 47.0 cm³/mol. The Labute approximate surface area is 77.6 Å². The molecule has 1 aliphatic carbocycles. The highest BCUT2D eigenvalue weighted by Gasteiger charge is 2.42. The van der Waals surface area contributed by atoms with E-state index in [1.807, 2.05) is 0 Å². The largest absolute Gasteiger partial charge is 0.467 e. The van der Waals surface area contributed by atoms with E-state index < -0.39 is 5.54 Å². The summed E-state index contributed by atoms with van der Waals surface area (Å²) in [6.07, 6.45) is 3.32. The number of hydrogen-bond acceptors (Lipinski definition) is 3. The van der Waals surface area contributed by atoms with Crippen LogP contribution >= 0.6 is 0 Å². The van der Waals surface area contributed by atoms with Crippen LogP contribution in [0.15, 0.2) is 0 Å². The summed E-state index contributed by atoms with van der Waals surface area (Å²) in [5, 5.41) is 2.69. The minimum Gasteiger partial charge on any atom is -0.467 e. The van der Waals surface area contributed by atoms with Crippen LogP contribution in [-0.4, -0.2) is 24.5 Å². The second-order valence-electron chi connectivity index (χ2n) is 3.46. The van der Waals surface area contributed by atoms with Crippen molar-refractivity contribution in [2.75, 3.05) is 7.11 Å². The average molecular weight is 185 g/mol. The van der Waals surface area contributed by atoms with Crippen molar-refractivity contribution >= 4 is 11.9 Å². The second kappa shape index (κ2) is 3.77. The van der Waals surface area contributed by atoms with E-state index >= 15 is 0 Å². The van der Waals surface area contributed by atoms with Crippen LogP contribution in [0.2, 0.25) is 0 Å². The Morgan fingerprint density at radius 3 is 2.23 bits per heavy atom. The monoisotopic (exact) mass is 185 g/mol. The molecule has 4 heteroatoms. The van der Waals surface area contributed by atoms with Gasteiger partial charge in [-0.2, -0.15) is 0 Å². The molecule has 0 aromatic carbocycles. The van der Waals surface area contributed by atoms with Crippen LogP contribution < -0.4 is 5.32 Å². The number of ether oxygens (including phenoxy) is 1. The Morgan fingerprint density at radius 2 is 1.85 bits per heavy atom. The van der Waals surface area contributed by atoms with Gasteiger partial charge in [0.2, 0.25) is 5.91 Å². The highest BCUT2D eigenvalue weighted by Crippen LogP contribution is 2.30. The van der Waals surface area contributed by atoms with Gasteiger partial charge >= 0.3 is 5.97 Å². The normalized spacial score (nSPS) is 19.5. The van der Waals surface area contributed by atoms with E-state index in [-0.39, 0.29) is 11.9 Å². The Bertz CT molecular complexity index is 219. The molecule has 1 N–H and O–H groups in total. The molecule has 1 rings (SSSR count). The third-order valence-electron chi connectivity index (χ3n) is 2.45. The molecule has 0 aromatic heterocycles. The molecule has 4 nitrogen and oxygen atoms in total. The third kappa shape index (κ3) is 1.99. The quantitative estimate of drug-likeness (QED) is 0.641. The molecule has 0 heterocycles. The van der Waals surface area contributed by atoms with Crippen LogP contribution in [0.4, 0.5) is 0 Å². The van der Waals surface area contributed by atoms with E-state index in [9.17, 15) is 9.59 Å². The van der Waals surface area contributed by atoms with Gasteiger partial charge in [-0.1, -0.05) is 12.8 Å². The summed E-state index contributed by atoms with van der Waals surface area (Å²) in [5.74, 6) is -0.493. The predicted octanol–water partition coefficient (Wildman–Crippen LogP) is 0.608. The fourth-order valence-corrected chi connectivity index (χ4v) is 1.89. The molecule has 1 amide bonds. The van der Waals surface area contributed by atoms with Gasteiger partial charge in [-0.15, -0.1) is 0 Å². The lowest BCUT2D eigenvalue weighted by Gasteiger charge is -2.26. The Hall–Kier alpha value is -1.06. The van der Waals surface area contributed by atoms with Gasteiger partial charge in [-0.25, -0.2) is 4.79 Å². The fourth-order valence-electron chi connectivity index (χ4n) is 1.89. The zero-order valence-electron chi connectivity index (χ0n) is 8.05. The van der Waals surface area contributed by atoms with Gasteiger partial charge in [-0.3, -0.25) is 4.79 Å². The summed E-state index contributed by atoms with van der Waals surface area (Å²) in [6, 6.07) is 0. The lowest BCUT2D eigenvalue weighted by atomic mass is 9.98. The minimum atomic E-state index is -0.736. The molecular formula is C9H15NO3. The maximum absolute atomic E-state index is 11.4. The van der Waals surface area contributed by atoms with Crippen LogP contribution in [0, 0.1) is 0 Å². The van der Waals surface area contributed by atoms with Crippen LogP contribution in [-0.2, 0) is 14.3 Å². The van der Waals surface area contributed by atoms with E-state index in [4.69, 9.17) is 0 Å². The molecule has 0 spiro atoms. The van der Waals surface area contributed by atoms with Gasteiger partial charge in [0.1, 0.15) is 5.54 Å². The standard InChI is InChI=1S/C9H15NO3/c1-7(11)10-9(8(12)13-2)5-3-4-6-9/h3-6H2,1-2H3,(H,10,11). The van der Waals surface area contributed by atoms with Gasteiger partial charge in [0.05, 0.1) is 7.11 Å². The van der Waals surface area contributed by atoms with Gasteiger partial charge < -0.3 is 10.1 Å². The maximum atomic E-state index is 11.4. The molecule has 0 bridgehead atoms. The number of rotatable bonds is 2. The molecular weight excluding hydrogens is 170 g/mol. The highest BCUT2D eigenvalue weighted by atomic mass is 16.5. The van der Waals surface area contributed by atoms with Crippen LogP contribution in [0.3, 0.4) is 0 Å². The van der Waals surface area contributed by atoms with Crippen molar-refractivity contribution in [1.82, 2.24) is 5.32 Å². The van der Waals surface area contributed by atoms with Crippen LogP contribution in [0.1, 0.15) is 32.6 Å². The summed E-state index contributed by atoms with van der Waals surface area (Å²) in [7, 11) is 1.35. The molecule has 0 atom stereocenters. The number of carbonyl (C=O) groups excluding carboxylic acids is 2. The second-order valence-corrected chi connectivity index (χ2v) is 3.46. The van der Waals surface area contributed by atoms with Crippen molar-refractivity contribution in [3.05, 3.63) is 0 Å². The summed E-state index contributed by atoms with van der Waals surface area (Å²) < 4.78 is 4.68. The number of nitrogens with one attached hydrogen (secondary N) is 1. The lowest BCUT2D eigenvalue weighted by Crippen LogP contribution is -2.52. The summed E-state index contributed by atoms with van der Waals surface area (Å²) >= 11 is 0. The SMILES string of the molecule is COC(=O)C1(NC(C)=O)CCCC1. The fraction of sp³-hybridized carbons (Fsp3) is 0.778. The molecule has 0 radical (unpaired) electrons. The summed E-state index contributed by atoms with van der Waals surface area (Å²) in [6.45, 7) is 1.42. The first kappa shape index (κ1) is 10.0. The molecule has 0 aliphatic heterocycles. The van der Waals surface area contributed by atoms with Crippen molar-refractivity contribution in [2.45, 2.75) is 38.1 Å². The zero-order valence-corrected chi connectivity index (χ0v) is 8.05. The smallest absolute Gasteiger partial charge is 0.331 e. The molecule has 13 heavy (non-hydrogen) atoms. The van der Waals surface area contributed by atoms with Crippen molar-refractivity contribution in [3.63, 3.8) is 0 Å². The topological polar surface area (TPSA) is 55.4 Å². The molecule has 1 saturated carbocycles. The van der Waals surface area contributed by atoms with Gasteiger partial charge in [0.25, 0.3) is 0 Å². The molecule has 0 saturated heterocycles. The summed E-state index contributed by atoms with van der Waals surface area (Å²) in [5.41, 5.74) is -0.736. The van der Waals surface area contributed by atoms with Crippen molar-refractivity contribution in [3.8, 4) is 0 Å². The van der Waals surface area contributed by atoms with Gasteiger partial charge in [-0.05, 0) is 12.8 Å². The van der Waals surface area contributed by atoms with Crippen LogP contribution in [0.25, 0.3) is 0 Å². The van der Waals surface area contributed by atoms with E-state index in [2.05, 4.69) is 10.1 Å². The molecule has 0 aromatic rings. The molecule has 0 unspecified atom stereocenters. The average Bonchev–Trinajstić information content (AvgIpc) is 2.51. The van der Waals surface area contributed by atoms with E-state index in [0.717, 1.165) is 12.8 Å². The zero-order chi connectivity index (χ0) is 9.90. The first-order valence-corrected chi connectivity index (χ1v) is 4.48. The molecule has 74 valence electrons. The van der Waals surface area contributed by atoms with Crippen LogP contribution in [0.5, 0.6) is 0 Å². The van der Waals surface area contributed by atoms with E-state index in [1.165, 1.54) is 14.0 Å². The summed E-state index contributed by atoms with van der Waals surface area (Å²) in [4.78, 5) is 22.3. The lowest BCUT2D eigenvalue weighted by molar-refractivity contribution is -0.150. The number of esters is 1. The Morgan fingerprint density at radius 1 is 1.31 bits per heavy atom. The van der Waals surface area contributed by atoms with Crippen molar-refractivity contribution < 1.29 is 14.3 Å². The first-order valence-electron chi connectivity index (χ1n) is 4.48. The third-order valence-corrected chi connectivity index (χ3v) is 2.45. The van der Waals surface area contributed by atoms with Crippen molar-refractivity contribution in [2.24, 2.45) is 0 Å². The number of carbonyl (C=O) groups is 2. The number of amides is 1. The van der Waals surface area contributed by atoms with Gasteiger partial charge in [0.15, 0.2) is 0 Å². The van der Waals surface area contributed by atoms with E-state index in [1.54, 1.807) is 0 Å². The molecule has 1 aliphatic rings. The number of methoxy groups -OCH3 is 1. The first-order chi connectivity index (χ1) is 6.10.